The first-order valence-corrected chi connectivity index (χ1v) is 7.63. The molecule has 1 aromatic rings. The van der Waals surface area contributed by atoms with Crippen LogP contribution < -0.4 is 4.90 Å². The van der Waals surface area contributed by atoms with Gasteiger partial charge in [0.25, 0.3) is 0 Å². The van der Waals surface area contributed by atoms with Crippen LogP contribution in [0.25, 0.3) is 0 Å². The highest BCUT2D eigenvalue weighted by atomic mass is 16.5. The number of carbonyl (C=O) groups excluding carboxylic acids is 1. The molecule has 1 heterocycles. The zero-order chi connectivity index (χ0) is 14.5. The third kappa shape index (κ3) is 3.53. The molecule has 1 aliphatic rings. The van der Waals surface area contributed by atoms with Gasteiger partial charge in [0.2, 0.25) is 0 Å². The molecule has 0 N–H and O–H groups in total. The van der Waals surface area contributed by atoms with Crippen LogP contribution in [-0.2, 0) is 9.53 Å². The van der Waals surface area contributed by atoms with E-state index < -0.39 is 0 Å². The third-order valence-corrected chi connectivity index (χ3v) is 4.04. The molecule has 1 saturated heterocycles. The van der Waals surface area contributed by atoms with Crippen molar-refractivity contribution < 1.29 is 9.53 Å². The van der Waals surface area contributed by atoms with Gasteiger partial charge in [0.05, 0.1) is 12.5 Å². The van der Waals surface area contributed by atoms with E-state index in [9.17, 15) is 4.79 Å². The van der Waals surface area contributed by atoms with E-state index >= 15 is 0 Å². The standard InChI is InChI=1S/C17H25NO2/c1-4-20-17(19)15-9-11-18(12-10-15)16-7-5-14(6-8-16)13(2)3/h5-8,13,15H,4,9-12H2,1-3H3. The fourth-order valence-electron chi connectivity index (χ4n) is 2.70. The third-order valence-electron chi connectivity index (χ3n) is 4.04. The van der Waals surface area contributed by atoms with Crippen molar-refractivity contribution >= 4 is 11.7 Å². The van der Waals surface area contributed by atoms with Gasteiger partial charge >= 0.3 is 5.97 Å². The molecule has 1 aromatic carbocycles. The second-order valence-electron chi connectivity index (χ2n) is 5.76. The Morgan fingerprint density at radius 2 is 1.85 bits per heavy atom. The summed E-state index contributed by atoms with van der Waals surface area (Å²) in [5.41, 5.74) is 2.63. The number of ether oxygens (including phenoxy) is 1. The Balaban J connectivity index is 1.91. The van der Waals surface area contributed by atoms with Gasteiger partial charge in [-0.15, -0.1) is 0 Å². The summed E-state index contributed by atoms with van der Waals surface area (Å²) < 4.78 is 5.11. The Hall–Kier alpha value is -1.51. The Morgan fingerprint density at radius 3 is 2.35 bits per heavy atom. The Kier molecular flexibility index (Phi) is 5.05. The Bertz CT molecular complexity index is 431. The molecule has 0 radical (unpaired) electrons. The largest absolute Gasteiger partial charge is 0.466 e. The maximum atomic E-state index is 11.7. The van der Waals surface area contributed by atoms with Gasteiger partial charge in [-0.1, -0.05) is 26.0 Å². The summed E-state index contributed by atoms with van der Waals surface area (Å²) in [4.78, 5) is 14.1. The molecule has 0 saturated carbocycles. The number of benzene rings is 1. The van der Waals surface area contributed by atoms with Crippen LogP contribution in [0, 0.1) is 5.92 Å². The molecule has 20 heavy (non-hydrogen) atoms. The van der Waals surface area contributed by atoms with Crippen LogP contribution >= 0.6 is 0 Å². The van der Waals surface area contributed by atoms with Crippen molar-refractivity contribution in [1.29, 1.82) is 0 Å². The molecule has 0 bridgehead atoms. The van der Waals surface area contributed by atoms with E-state index in [0.29, 0.717) is 12.5 Å². The molecule has 0 spiro atoms. The van der Waals surface area contributed by atoms with Gasteiger partial charge in [-0.2, -0.15) is 0 Å². The van der Waals surface area contributed by atoms with E-state index in [4.69, 9.17) is 4.74 Å². The smallest absolute Gasteiger partial charge is 0.309 e. The fraction of sp³-hybridized carbons (Fsp3) is 0.588. The number of piperidine rings is 1. The van der Waals surface area contributed by atoms with Crippen LogP contribution in [0.1, 0.15) is 45.1 Å². The van der Waals surface area contributed by atoms with Gasteiger partial charge in [-0.3, -0.25) is 4.79 Å². The normalized spacial score (nSPS) is 16.5. The highest BCUT2D eigenvalue weighted by molar-refractivity contribution is 5.72. The molecule has 0 atom stereocenters. The molecule has 0 unspecified atom stereocenters. The first-order chi connectivity index (χ1) is 9.61. The van der Waals surface area contributed by atoms with E-state index in [1.165, 1.54) is 11.3 Å². The minimum atomic E-state index is -0.0256. The molecule has 0 aromatic heterocycles. The summed E-state index contributed by atoms with van der Waals surface area (Å²) in [6.45, 7) is 8.63. The molecule has 3 nitrogen and oxygen atoms in total. The summed E-state index contributed by atoms with van der Waals surface area (Å²) in [6, 6.07) is 8.80. The molecule has 0 amide bonds. The van der Waals surface area contributed by atoms with Gasteiger partial charge in [0, 0.05) is 18.8 Å². The summed E-state index contributed by atoms with van der Waals surface area (Å²) in [5.74, 6) is 0.627. The molecule has 110 valence electrons. The molecule has 3 heteroatoms. The van der Waals surface area contributed by atoms with Gasteiger partial charge in [-0.25, -0.2) is 0 Å². The number of rotatable bonds is 4. The van der Waals surface area contributed by atoms with Gasteiger partial charge in [0.1, 0.15) is 0 Å². The fourth-order valence-corrected chi connectivity index (χ4v) is 2.70. The predicted octanol–water partition coefficient (Wildman–Crippen LogP) is 3.59. The van der Waals surface area contributed by atoms with Crippen LogP contribution in [0.15, 0.2) is 24.3 Å². The van der Waals surface area contributed by atoms with E-state index in [2.05, 4.69) is 43.0 Å². The lowest BCUT2D eigenvalue weighted by molar-refractivity contribution is -0.148. The van der Waals surface area contributed by atoms with Crippen LogP contribution in [0.5, 0.6) is 0 Å². The monoisotopic (exact) mass is 275 g/mol. The average Bonchev–Trinajstić information content (AvgIpc) is 2.48. The van der Waals surface area contributed by atoms with Crippen LogP contribution in [-0.4, -0.2) is 25.7 Å². The van der Waals surface area contributed by atoms with Gasteiger partial charge in [-0.05, 0) is 43.4 Å². The summed E-state index contributed by atoms with van der Waals surface area (Å²) in [6.07, 6.45) is 1.79. The SMILES string of the molecule is CCOC(=O)C1CCN(c2ccc(C(C)C)cc2)CC1. The molecule has 1 fully saturated rings. The molecule has 2 rings (SSSR count). The lowest BCUT2D eigenvalue weighted by Gasteiger charge is -2.32. The van der Waals surface area contributed by atoms with Crippen molar-refractivity contribution in [2.45, 2.75) is 39.5 Å². The second-order valence-corrected chi connectivity index (χ2v) is 5.76. The van der Waals surface area contributed by atoms with Crippen LogP contribution in [0.4, 0.5) is 5.69 Å². The van der Waals surface area contributed by atoms with Gasteiger partial charge in [0.15, 0.2) is 0 Å². The maximum Gasteiger partial charge on any atom is 0.309 e. The maximum absolute atomic E-state index is 11.7. The Morgan fingerprint density at radius 1 is 1.25 bits per heavy atom. The van der Waals surface area contributed by atoms with Gasteiger partial charge < -0.3 is 9.64 Å². The highest BCUT2D eigenvalue weighted by Crippen LogP contribution is 2.25. The van der Waals surface area contributed by atoms with E-state index in [-0.39, 0.29) is 11.9 Å². The topological polar surface area (TPSA) is 29.5 Å². The quantitative estimate of drug-likeness (QED) is 0.786. The second kappa shape index (κ2) is 6.78. The first-order valence-electron chi connectivity index (χ1n) is 7.63. The zero-order valence-electron chi connectivity index (χ0n) is 12.8. The number of carbonyl (C=O) groups is 1. The molecular weight excluding hydrogens is 250 g/mol. The number of anilines is 1. The van der Waals surface area contributed by atoms with Crippen molar-refractivity contribution in [3.63, 3.8) is 0 Å². The number of nitrogens with zero attached hydrogens (tertiary/aromatic N) is 1. The highest BCUT2D eigenvalue weighted by Gasteiger charge is 2.25. The van der Waals surface area contributed by atoms with Crippen molar-refractivity contribution in [2.24, 2.45) is 5.92 Å². The van der Waals surface area contributed by atoms with Crippen LogP contribution in [0.3, 0.4) is 0 Å². The molecule has 1 aliphatic heterocycles. The van der Waals surface area contributed by atoms with E-state index in [0.717, 1.165) is 25.9 Å². The predicted molar refractivity (Wildman–Crippen MR) is 82.1 cm³/mol. The molecule has 0 aliphatic carbocycles. The molecular formula is C17H25NO2. The Labute approximate surface area is 121 Å². The lowest BCUT2D eigenvalue weighted by Crippen LogP contribution is -2.36. The van der Waals surface area contributed by atoms with E-state index in [1.807, 2.05) is 6.92 Å². The number of hydrogen-bond donors (Lipinski definition) is 0. The summed E-state index contributed by atoms with van der Waals surface area (Å²) in [7, 11) is 0. The minimum Gasteiger partial charge on any atom is -0.466 e. The average molecular weight is 275 g/mol. The lowest BCUT2D eigenvalue weighted by atomic mass is 9.96. The summed E-state index contributed by atoms with van der Waals surface area (Å²) in [5, 5.41) is 0. The van der Waals surface area contributed by atoms with Crippen molar-refractivity contribution in [2.75, 3.05) is 24.6 Å². The number of hydrogen-bond acceptors (Lipinski definition) is 3. The van der Waals surface area contributed by atoms with Crippen molar-refractivity contribution in [3.8, 4) is 0 Å². The van der Waals surface area contributed by atoms with Crippen LogP contribution in [0.2, 0.25) is 0 Å². The van der Waals surface area contributed by atoms with Crippen molar-refractivity contribution in [1.82, 2.24) is 0 Å². The van der Waals surface area contributed by atoms with E-state index in [1.54, 1.807) is 0 Å². The van der Waals surface area contributed by atoms with Crippen molar-refractivity contribution in [3.05, 3.63) is 29.8 Å². The first kappa shape index (κ1) is 14.9. The minimum absolute atomic E-state index is 0.0256. The summed E-state index contributed by atoms with van der Waals surface area (Å²) >= 11 is 0. The zero-order valence-corrected chi connectivity index (χ0v) is 12.8. The number of esters is 1.